The van der Waals surface area contributed by atoms with Crippen LogP contribution in [-0.2, 0) is 14.3 Å². The quantitative estimate of drug-likeness (QED) is 0.429. The van der Waals surface area contributed by atoms with Crippen molar-refractivity contribution in [2.75, 3.05) is 27.4 Å². The molecule has 0 saturated heterocycles. The smallest absolute Gasteiger partial charge is 0.344 e. The lowest BCUT2D eigenvalue weighted by molar-refractivity contribution is -0.154. The van der Waals surface area contributed by atoms with Crippen molar-refractivity contribution in [3.05, 3.63) is 76.5 Å². The number of rotatable bonds is 9. The summed E-state index contributed by atoms with van der Waals surface area (Å²) in [5.74, 6) is 0.625. The first-order chi connectivity index (χ1) is 16.6. The van der Waals surface area contributed by atoms with Gasteiger partial charge in [-0.05, 0) is 41.3 Å². The van der Waals surface area contributed by atoms with Crippen LogP contribution in [0.15, 0.2) is 71.1 Å². The molecule has 1 amide bonds. The van der Waals surface area contributed by atoms with Crippen LogP contribution in [0.2, 0.25) is 0 Å². The predicted molar refractivity (Wildman–Crippen MR) is 128 cm³/mol. The first kappa shape index (κ1) is 23.3. The number of esters is 1. The fourth-order valence-electron chi connectivity index (χ4n) is 3.56. The standard InChI is InChI=1S/C25H24N2O6S/c1-30-21-11-10-17(13-22(21)31-2)20-14-19(23-9-6-12-34-23)26-27(20)24(28)15-33-25(29)16-32-18-7-4-3-5-8-18/h3-13,20H,14-16H2,1-2H3. The number of hydrogen-bond donors (Lipinski definition) is 0. The molecule has 0 fully saturated rings. The lowest BCUT2D eigenvalue weighted by Gasteiger charge is -2.22. The van der Waals surface area contributed by atoms with Gasteiger partial charge in [0.15, 0.2) is 24.7 Å². The summed E-state index contributed by atoms with van der Waals surface area (Å²) >= 11 is 1.55. The number of methoxy groups -OCH3 is 2. The van der Waals surface area contributed by atoms with Gasteiger partial charge in [0.25, 0.3) is 5.91 Å². The van der Waals surface area contributed by atoms with Crippen LogP contribution < -0.4 is 14.2 Å². The Kier molecular flexibility index (Phi) is 7.44. The van der Waals surface area contributed by atoms with E-state index in [4.69, 9.17) is 18.9 Å². The van der Waals surface area contributed by atoms with Crippen molar-refractivity contribution in [3.63, 3.8) is 0 Å². The molecule has 2 heterocycles. The lowest BCUT2D eigenvalue weighted by Crippen LogP contribution is -2.32. The minimum atomic E-state index is -0.637. The fourth-order valence-corrected chi connectivity index (χ4v) is 4.28. The molecular weight excluding hydrogens is 456 g/mol. The third kappa shape index (κ3) is 5.37. The topological polar surface area (TPSA) is 86.7 Å². The van der Waals surface area contributed by atoms with Gasteiger partial charge in [-0.2, -0.15) is 5.10 Å². The number of hydrogen-bond acceptors (Lipinski definition) is 8. The van der Waals surface area contributed by atoms with Gasteiger partial charge in [-0.1, -0.05) is 30.3 Å². The Morgan fingerprint density at radius 1 is 1.00 bits per heavy atom. The van der Waals surface area contributed by atoms with E-state index < -0.39 is 18.5 Å². The fraction of sp³-hybridized carbons (Fsp3) is 0.240. The summed E-state index contributed by atoms with van der Waals surface area (Å²) in [5, 5.41) is 7.91. The van der Waals surface area contributed by atoms with E-state index in [9.17, 15) is 9.59 Å². The van der Waals surface area contributed by atoms with Crippen molar-refractivity contribution in [3.8, 4) is 17.2 Å². The lowest BCUT2D eigenvalue weighted by atomic mass is 10.0. The summed E-state index contributed by atoms with van der Waals surface area (Å²) in [4.78, 5) is 26.1. The zero-order chi connectivity index (χ0) is 23.9. The van der Waals surface area contributed by atoms with E-state index in [2.05, 4.69) is 5.10 Å². The van der Waals surface area contributed by atoms with Gasteiger partial charge in [0.2, 0.25) is 0 Å². The second-order valence-electron chi connectivity index (χ2n) is 7.36. The molecule has 3 aromatic rings. The van der Waals surface area contributed by atoms with E-state index in [0.717, 1.165) is 16.2 Å². The molecule has 1 aromatic heterocycles. The molecule has 8 nitrogen and oxygen atoms in total. The van der Waals surface area contributed by atoms with Crippen LogP contribution in [0.3, 0.4) is 0 Å². The number of hydrazone groups is 1. The zero-order valence-electron chi connectivity index (χ0n) is 18.8. The third-order valence-electron chi connectivity index (χ3n) is 5.22. The molecule has 0 spiro atoms. The van der Waals surface area contributed by atoms with E-state index in [-0.39, 0.29) is 12.6 Å². The van der Waals surface area contributed by atoms with E-state index >= 15 is 0 Å². The highest BCUT2D eigenvalue weighted by Gasteiger charge is 2.34. The average molecular weight is 481 g/mol. The van der Waals surface area contributed by atoms with Crippen LogP contribution in [0.5, 0.6) is 17.2 Å². The summed E-state index contributed by atoms with van der Waals surface area (Å²) in [6.07, 6.45) is 0.521. The molecule has 4 rings (SSSR count). The van der Waals surface area contributed by atoms with Crippen LogP contribution >= 0.6 is 11.3 Å². The summed E-state index contributed by atoms with van der Waals surface area (Å²) in [7, 11) is 3.13. The molecule has 1 atom stereocenters. The Balaban J connectivity index is 1.47. The monoisotopic (exact) mass is 480 g/mol. The Hall–Kier alpha value is -3.85. The first-order valence-electron chi connectivity index (χ1n) is 10.6. The highest BCUT2D eigenvalue weighted by atomic mass is 32.1. The van der Waals surface area contributed by atoms with Crippen LogP contribution in [-0.4, -0.2) is 50.0 Å². The van der Waals surface area contributed by atoms with Crippen LogP contribution in [0.25, 0.3) is 0 Å². The average Bonchev–Trinajstić information content (AvgIpc) is 3.56. The number of amides is 1. The van der Waals surface area contributed by atoms with E-state index in [1.807, 2.05) is 35.7 Å². The molecule has 0 saturated carbocycles. The molecule has 0 radical (unpaired) electrons. The number of nitrogens with zero attached hydrogens (tertiary/aromatic N) is 2. The van der Waals surface area contributed by atoms with Crippen LogP contribution in [0.4, 0.5) is 0 Å². The molecule has 34 heavy (non-hydrogen) atoms. The van der Waals surface area contributed by atoms with Gasteiger partial charge in [-0.15, -0.1) is 11.3 Å². The summed E-state index contributed by atoms with van der Waals surface area (Å²) in [6.45, 7) is -0.734. The number of carbonyl (C=O) groups is 2. The van der Waals surface area contributed by atoms with Gasteiger partial charge in [0.1, 0.15) is 5.75 Å². The highest BCUT2D eigenvalue weighted by Crippen LogP contribution is 2.37. The van der Waals surface area contributed by atoms with E-state index in [1.54, 1.807) is 55.9 Å². The molecular formula is C25H24N2O6S. The maximum atomic E-state index is 13.0. The SMILES string of the molecule is COc1ccc(C2CC(c3cccs3)=NN2C(=O)COC(=O)COc2ccccc2)cc1OC. The molecule has 1 unspecified atom stereocenters. The Morgan fingerprint density at radius 2 is 1.79 bits per heavy atom. The number of thiophene rings is 1. The minimum Gasteiger partial charge on any atom is -0.493 e. The maximum absolute atomic E-state index is 13.0. The van der Waals surface area contributed by atoms with E-state index in [1.165, 1.54) is 5.01 Å². The number of benzene rings is 2. The molecule has 2 aromatic carbocycles. The molecule has 0 bridgehead atoms. The normalized spacial score (nSPS) is 14.9. The Morgan fingerprint density at radius 3 is 2.50 bits per heavy atom. The van der Waals surface area contributed by atoms with Gasteiger partial charge >= 0.3 is 5.97 Å². The van der Waals surface area contributed by atoms with Crippen molar-refractivity contribution >= 4 is 28.9 Å². The number of carbonyl (C=O) groups excluding carboxylic acids is 2. The van der Waals surface area contributed by atoms with Crippen molar-refractivity contribution in [1.82, 2.24) is 5.01 Å². The minimum absolute atomic E-state index is 0.292. The van der Waals surface area contributed by atoms with Crippen molar-refractivity contribution < 1.29 is 28.5 Å². The van der Waals surface area contributed by atoms with Crippen LogP contribution in [0.1, 0.15) is 22.9 Å². The van der Waals surface area contributed by atoms with Crippen molar-refractivity contribution in [2.24, 2.45) is 5.10 Å². The largest absolute Gasteiger partial charge is 0.493 e. The Labute approximate surface area is 201 Å². The van der Waals surface area contributed by atoms with E-state index in [0.29, 0.717) is 23.7 Å². The van der Waals surface area contributed by atoms with Crippen molar-refractivity contribution in [1.29, 1.82) is 0 Å². The van der Waals surface area contributed by atoms with Gasteiger partial charge in [0.05, 0.1) is 30.9 Å². The second kappa shape index (κ2) is 10.8. The number of para-hydroxylation sites is 1. The van der Waals surface area contributed by atoms with Gasteiger partial charge in [-0.25, -0.2) is 9.80 Å². The molecule has 9 heteroatoms. The second-order valence-corrected chi connectivity index (χ2v) is 8.31. The predicted octanol–water partition coefficient (Wildman–Crippen LogP) is 4.07. The molecule has 0 N–H and O–H groups in total. The first-order valence-corrected chi connectivity index (χ1v) is 11.5. The molecule has 0 aliphatic carbocycles. The molecule has 1 aliphatic rings. The zero-order valence-corrected chi connectivity index (χ0v) is 19.6. The van der Waals surface area contributed by atoms with Gasteiger partial charge in [0, 0.05) is 6.42 Å². The summed E-state index contributed by atoms with van der Waals surface area (Å²) in [6, 6.07) is 17.9. The van der Waals surface area contributed by atoms with Crippen LogP contribution in [0, 0.1) is 0 Å². The summed E-state index contributed by atoms with van der Waals surface area (Å²) in [5.41, 5.74) is 1.63. The van der Waals surface area contributed by atoms with Gasteiger partial charge < -0.3 is 18.9 Å². The number of ether oxygens (including phenoxy) is 4. The highest BCUT2D eigenvalue weighted by molar-refractivity contribution is 7.12. The maximum Gasteiger partial charge on any atom is 0.344 e. The third-order valence-corrected chi connectivity index (χ3v) is 6.14. The molecule has 176 valence electrons. The van der Waals surface area contributed by atoms with Crippen molar-refractivity contribution in [2.45, 2.75) is 12.5 Å². The van der Waals surface area contributed by atoms with Gasteiger partial charge in [-0.3, -0.25) is 4.79 Å². The summed E-state index contributed by atoms with van der Waals surface area (Å²) < 4.78 is 21.3. The Bertz CT molecular complexity index is 1160. The molecule has 1 aliphatic heterocycles.